The minimum Gasteiger partial charge on any atom is -0.147 e. The summed E-state index contributed by atoms with van der Waals surface area (Å²) in [5.41, 5.74) is 0. The summed E-state index contributed by atoms with van der Waals surface area (Å²) in [5, 5.41) is 0. The van der Waals surface area contributed by atoms with Crippen LogP contribution in [0.4, 0.5) is 0 Å². The van der Waals surface area contributed by atoms with Crippen molar-refractivity contribution in [2.75, 3.05) is 0 Å². The van der Waals surface area contributed by atoms with Gasteiger partial charge in [-0.3, -0.25) is 0 Å². The highest BCUT2D eigenvalue weighted by Gasteiger charge is 2.12. The maximum Gasteiger partial charge on any atom is 0.0493 e. The lowest BCUT2D eigenvalue weighted by Gasteiger charge is -2.13. The number of thiol groups is 3. The Kier molecular flexibility index (Phi) is 4.32. The van der Waals surface area contributed by atoms with E-state index in [1.165, 1.54) is 0 Å². The first-order valence-corrected chi connectivity index (χ1v) is 3.94. The predicted molar refractivity (Wildman–Crippen MR) is 57.9 cm³/mol. The van der Waals surface area contributed by atoms with Crippen LogP contribution in [-0.4, -0.2) is 0 Å². The zero-order chi connectivity index (χ0) is 8.31. The molecule has 0 atom stereocenters. The largest absolute Gasteiger partial charge is 0.147 e. The monoisotopic (exact) mass is 190 g/mol. The van der Waals surface area contributed by atoms with Gasteiger partial charge in [0.2, 0.25) is 0 Å². The highest BCUT2D eigenvalue weighted by Crippen LogP contribution is 2.30. The van der Waals surface area contributed by atoms with E-state index in [0.717, 1.165) is 0 Å². The van der Waals surface area contributed by atoms with Crippen molar-refractivity contribution in [1.29, 1.82) is 0 Å². The van der Waals surface area contributed by atoms with Gasteiger partial charge in [0.1, 0.15) is 0 Å². The molecular formula is C7H10S3. The fourth-order valence-electron chi connectivity index (χ4n) is 0.577. The molecule has 0 saturated carbocycles. The fourth-order valence-corrected chi connectivity index (χ4v) is 1.82. The normalized spacial score (nSPS) is 9.60. The van der Waals surface area contributed by atoms with Gasteiger partial charge >= 0.3 is 0 Å². The highest BCUT2D eigenvalue weighted by atomic mass is 32.1. The summed E-state index contributed by atoms with van der Waals surface area (Å²) in [6.07, 6.45) is 0. The van der Waals surface area contributed by atoms with Crippen LogP contribution in [0.15, 0.2) is 34.5 Å². The molecule has 0 radical (unpaired) electrons. The average molecular weight is 190 g/mol. The third-order valence-electron chi connectivity index (χ3n) is 1.000. The second-order valence-corrected chi connectivity index (χ2v) is 3.63. The molecule has 0 bridgehead atoms. The molecule has 0 rings (SSSR count). The van der Waals surface area contributed by atoms with Gasteiger partial charge in [-0.15, -0.1) is 37.9 Å². The molecule has 0 saturated heterocycles. The van der Waals surface area contributed by atoms with E-state index in [-0.39, 0.29) is 5.92 Å². The average Bonchev–Trinajstić information content (AvgIpc) is 1.59. The number of hydrogen-bond acceptors (Lipinski definition) is 3. The quantitative estimate of drug-likeness (QED) is 0.560. The Hall–Kier alpha value is 0.270. The molecule has 0 aromatic heterocycles. The van der Waals surface area contributed by atoms with Crippen molar-refractivity contribution in [2.24, 2.45) is 5.92 Å². The smallest absolute Gasteiger partial charge is 0.0493 e. The maximum atomic E-state index is 4.06. The molecule has 0 heterocycles. The minimum atomic E-state index is -0.102. The third kappa shape index (κ3) is 2.90. The second kappa shape index (κ2) is 4.21. The van der Waals surface area contributed by atoms with E-state index in [0.29, 0.717) is 14.7 Å². The van der Waals surface area contributed by atoms with Gasteiger partial charge in [0.05, 0.1) is 0 Å². The van der Waals surface area contributed by atoms with Crippen molar-refractivity contribution in [3.8, 4) is 0 Å². The summed E-state index contributed by atoms with van der Waals surface area (Å²) >= 11 is 12.2. The predicted octanol–water partition coefficient (Wildman–Crippen LogP) is 2.93. The molecular weight excluding hydrogens is 180 g/mol. The molecule has 0 aromatic carbocycles. The van der Waals surface area contributed by atoms with Gasteiger partial charge in [0, 0.05) is 5.92 Å². The Labute approximate surface area is 78.3 Å². The van der Waals surface area contributed by atoms with Gasteiger partial charge < -0.3 is 0 Å². The Morgan fingerprint density at radius 1 is 0.800 bits per heavy atom. The fraction of sp³-hybridized carbons (Fsp3) is 0.143. The topological polar surface area (TPSA) is 0 Å². The molecule has 0 spiro atoms. The molecule has 0 aliphatic carbocycles. The lowest BCUT2D eigenvalue weighted by molar-refractivity contribution is 1.03. The molecule has 3 heteroatoms. The summed E-state index contributed by atoms with van der Waals surface area (Å²) in [7, 11) is 0. The van der Waals surface area contributed by atoms with Crippen molar-refractivity contribution in [2.45, 2.75) is 0 Å². The molecule has 0 aliphatic rings. The van der Waals surface area contributed by atoms with E-state index in [1.54, 1.807) is 0 Å². The molecule has 0 nitrogen and oxygen atoms in total. The molecule has 0 aliphatic heterocycles. The summed E-state index contributed by atoms with van der Waals surface area (Å²) in [6.45, 7) is 10.9. The van der Waals surface area contributed by atoms with E-state index in [1.807, 2.05) is 0 Å². The van der Waals surface area contributed by atoms with Crippen LogP contribution >= 0.6 is 37.9 Å². The highest BCUT2D eigenvalue weighted by molar-refractivity contribution is 7.87. The molecule has 0 unspecified atom stereocenters. The van der Waals surface area contributed by atoms with Crippen molar-refractivity contribution < 1.29 is 0 Å². The number of hydrogen-bond donors (Lipinski definition) is 3. The van der Waals surface area contributed by atoms with Crippen molar-refractivity contribution in [3.05, 3.63) is 34.5 Å². The molecule has 0 aromatic rings. The van der Waals surface area contributed by atoms with Gasteiger partial charge in [-0.05, 0) is 14.7 Å². The van der Waals surface area contributed by atoms with E-state index in [2.05, 4.69) is 57.6 Å². The number of rotatable bonds is 3. The Morgan fingerprint density at radius 2 is 1.00 bits per heavy atom. The summed E-state index contributed by atoms with van der Waals surface area (Å²) in [6, 6.07) is 0. The van der Waals surface area contributed by atoms with Crippen molar-refractivity contribution in [1.82, 2.24) is 0 Å². The Bertz CT molecular complexity index is 148. The zero-order valence-electron chi connectivity index (χ0n) is 5.54. The van der Waals surface area contributed by atoms with Crippen LogP contribution in [0.1, 0.15) is 0 Å². The third-order valence-corrected chi connectivity index (χ3v) is 1.77. The van der Waals surface area contributed by atoms with Crippen LogP contribution in [0.3, 0.4) is 0 Å². The molecule has 0 amide bonds. The van der Waals surface area contributed by atoms with Gasteiger partial charge in [-0.2, -0.15) is 0 Å². The molecule has 0 fully saturated rings. The van der Waals surface area contributed by atoms with Crippen LogP contribution in [0.25, 0.3) is 0 Å². The van der Waals surface area contributed by atoms with Crippen LogP contribution < -0.4 is 0 Å². The van der Waals surface area contributed by atoms with Crippen LogP contribution in [0.2, 0.25) is 0 Å². The first-order chi connectivity index (χ1) is 4.46. The van der Waals surface area contributed by atoms with Crippen LogP contribution in [0, 0.1) is 5.92 Å². The maximum absolute atomic E-state index is 4.06. The lowest BCUT2D eigenvalue weighted by Crippen LogP contribution is -1.98. The lowest BCUT2D eigenvalue weighted by atomic mass is 10.1. The first kappa shape index (κ1) is 10.3. The molecule has 0 N–H and O–H groups in total. The standard InChI is InChI=1S/C7H10S3/c1-4(8)7(5(2)9)6(3)10/h7-10H,1-3H2. The van der Waals surface area contributed by atoms with Crippen molar-refractivity contribution >= 4 is 37.9 Å². The Morgan fingerprint density at radius 3 is 1.00 bits per heavy atom. The summed E-state index contributed by atoms with van der Waals surface area (Å²) in [5.74, 6) is -0.102. The molecule has 10 heavy (non-hydrogen) atoms. The Balaban J connectivity index is 4.43. The molecule has 56 valence electrons. The van der Waals surface area contributed by atoms with Gasteiger partial charge in [0.15, 0.2) is 0 Å². The van der Waals surface area contributed by atoms with E-state index in [4.69, 9.17) is 0 Å². The van der Waals surface area contributed by atoms with Crippen LogP contribution in [-0.2, 0) is 0 Å². The zero-order valence-corrected chi connectivity index (χ0v) is 8.22. The SMILES string of the molecule is C=C(S)C(C(=C)S)C(=C)S. The summed E-state index contributed by atoms with van der Waals surface area (Å²) < 4.78 is 0. The van der Waals surface area contributed by atoms with Gasteiger partial charge in [-0.25, -0.2) is 0 Å². The van der Waals surface area contributed by atoms with E-state index < -0.39 is 0 Å². The van der Waals surface area contributed by atoms with E-state index in [9.17, 15) is 0 Å². The second-order valence-electron chi connectivity index (χ2n) is 1.91. The van der Waals surface area contributed by atoms with Crippen LogP contribution in [0.5, 0.6) is 0 Å². The number of allylic oxidation sites excluding steroid dienone is 3. The van der Waals surface area contributed by atoms with Gasteiger partial charge in [0.25, 0.3) is 0 Å². The minimum absolute atomic E-state index is 0.102. The van der Waals surface area contributed by atoms with Gasteiger partial charge in [-0.1, -0.05) is 19.7 Å². The first-order valence-electron chi connectivity index (χ1n) is 2.60. The summed E-state index contributed by atoms with van der Waals surface area (Å²) in [4.78, 5) is 2.00. The van der Waals surface area contributed by atoms with Crippen molar-refractivity contribution in [3.63, 3.8) is 0 Å². The van der Waals surface area contributed by atoms with E-state index >= 15 is 0 Å².